The van der Waals surface area contributed by atoms with Gasteiger partial charge in [0.2, 0.25) is 0 Å². The molecule has 0 unspecified atom stereocenters. The van der Waals surface area contributed by atoms with Crippen molar-refractivity contribution in [2.45, 2.75) is 6.54 Å². The van der Waals surface area contributed by atoms with Crippen LogP contribution in [0.1, 0.15) is 0 Å². The maximum Gasteiger partial charge on any atom is 0.328 e. The average Bonchev–Trinajstić information content (AvgIpc) is 2.45. The fourth-order valence-corrected chi connectivity index (χ4v) is 2.40. The fraction of sp³-hybridized carbons (Fsp3) is 0.300. The second-order valence-electron chi connectivity index (χ2n) is 3.39. The van der Waals surface area contributed by atoms with Gasteiger partial charge in [-0.15, -0.1) is 0 Å². The standard InChI is InChI=1S/C10H12BrN3O/c1-13-9-7(11)3-2-4-8(9)14(6-5-12)10(13)15/h2-4H,5-6,12H2,1H3. The molecule has 15 heavy (non-hydrogen) atoms. The first kappa shape index (κ1) is 10.4. The van der Waals surface area contributed by atoms with Crippen LogP contribution >= 0.6 is 15.9 Å². The highest BCUT2D eigenvalue weighted by molar-refractivity contribution is 9.10. The van der Waals surface area contributed by atoms with Crippen molar-refractivity contribution in [3.8, 4) is 0 Å². The van der Waals surface area contributed by atoms with E-state index in [0.717, 1.165) is 15.5 Å². The second-order valence-corrected chi connectivity index (χ2v) is 4.24. The highest BCUT2D eigenvalue weighted by Gasteiger charge is 2.11. The fourth-order valence-electron chi connectivity index (χ4n) is 1.78. The lowest BCUT2D eigenvalue weighted by Gasteiger charge is -1.99. The minimum absolute atomic E-state index is 0.0256. The summed E-state index contributed by atoms with van der Waals surface area (Å²) in [6.07, 6.45) is 0. The van der Waals surface area contributed by atoms with Crippen molar-refractivity contribution >= 4 is 27.0 Å². The van der Waals surface area contributed by atoms with E-state index < -0.39 is 0 Å². The summed E-state index contributed by atoms with van der Waals surface area (Å²) >= 11 is 3.44. The van der Waals surface area contributed by atoms with E-state index in [0.29, 0.717) is 13.1 Å². The highest BCUT2D eigenvalue weighted by atomic mass is 79.9. The molecule has 0 fully saturated rings. The third kappa shape index (κ3) is 1.52. The van der Waals surface area contributed by atoms with E-state index in [1.807, 2.05) is 18.2 Å². The van der Waals surface area contributed by atoms with Crippen LogP contribution in [-0.4, -0.2) is 15.7 Å². The van der Waals surface area contributed by atoms with Crippen molar-refractivity contribution < 1.29 is 0 Å². The van der Waals surface area contributed by atoms with Crippen molar-refractivity contribution in [3.63, 3.8) is 0 Å². The third-order valence-corrected chi connectivity index (χ3v) is 3.10. The minimum atomic E-state index is -0.0256. The van der Waals surface area contributed by atoms with Crippen LogP contribution in [0.5, 0.6) is 0 Å². The Labute approximate surface area is 95.4 Å². The first-order chi connectivity index (χ1) is 7.16. The van der Waals surface area contributed by atoms with E-state index in [1.54, 1.807) is 16.2 Å². The van der Waals surface area contributed by atoms with Crippen molar-refractivity contribution in [1.82, 2.24) is 9.13 Å². The van der Waals surface area contributed by atoms with E-state index in [2.05, 4.69) is 15.9 Å². The Morgan fingerprint density at radius 3 is 2.87 bits per heavy atom. The molecule has 0 bridgehead atoms. The number of aromatic nitrogens is 2. The van der Waals surface area contributed by atoms with Gasteiger partial charge in [-0.25, -0.2) is 4.79 Å². The molecule has 1 heterocycles. The molecular weight excluding hydrogens is 258 g/mol. The molecule has 2 aromatic rings. The zero-order chi connectivity index (χ0) is 11.0. The van der Waals surface area contributed by atoms with Gasteiger partial charge in [0.15, 0.2) is 0 Å². The van der Waals surface area contributed by atoms with Crippen LogP contribution in [-0.2, 0) is 13.6 Å². The molecule has 1 aromatic heterocycles. The zero-order valence-corrected chi connectivity index (χ0v) is 9.99. The van der Waals surface area contributed by atoms with Crippen LogP contribution in [0.3, 0.4) is 0 Å². The predicted octanol–water partition coefficient (Wildman–Crippen LogP) is 1.06. The molecule has 0 saturated carbocycles. The Balaban J connectivity index is 2.87. The number of benzene rings is 1. The van der Waals surface area contributed by atoms with E-state index in [-0.39, 0.29) is 5.69 Å². The van der Waals surface area contributed by atoms with Gasteiger partial charge in [-0.2, -0.15) is 0 Å². The SMILES string of the molecule is Cn1c(=O)n(CCN)c2cccc(Br)c21. The lowest BCUT2D eigenvalue weighted by Crippen LogP contribution is -2.25. The van der Waals surface area contributed by atoms with Gasteiger partial charge < -0.3 is 5.73 Å². The first-order valence-electron chi connectivity index (χ1n) is 4.70. The molecular formula is C10H12BrN3O. The van der Waals surface area contributed by atoms with Crippen molar-refractivity contribution in [2.24, 2.45) is 12.8 Å². The quantitative estimate of drug-likeness (QED) is 0.887. The molecule has 0 aliphatic rings. The van der Waals surface area contributed by atoms with Crippen molar-refractivity contribution in [1.29, 1.82) is 0 Å². The molecule has 4 nitrogen and oxygen atoms in total. The minimum Gasteiger partial charge on any atom is -0.329 e. The number of imidazole rings is 1. The number of fused-ring (bicyclic) bond motifs is 1. The number of hydrogen-bond donors (Lipinski definition) is 1. The van der Waals surface area contributed by atoms with Crippen molar-refractivity contribution in [2.75, 3.05) is 6.54 Å². The van der Waals surface area contributed by atoms with E-state index in [9.17, 15) is 4.79 Å². The summed E-state index contributed by atoms with van der Waals surface area (Å²) in [5.74, 6) is 0. The Morgan fingerprint density at radius 2 is 2.20 bits per heavy atom. The van der Waals surface area contributed by atoms with Gasteiger partial charge in [0.25, 0.3) is 0 Å². The Kier molecular flexibility index (Phi) is 2.67. The molecule has 0 saturated heterocycles. The number of hydrogen-bond acceptors (Lipinski definition) is 2. The number of halogens is 1. The van der Waals surface area contributed by atoms with Crippen LogP contribution in [0.25, 0.3) is 11.0 Å². The van der Waals surface area contributed by atoms with E-state index in [1.165, 1.54) is 0 Å². The number of aryl methyl sites for hydroxylation is 1. The zero-order valence-electron chi connectivity index (χ0n) is 8.40. The first-order valence-corrected chi connectivity index (χ1v) is 5.50. The lowest BCUT2D eigenvalue weighted by atomic mass is 10.3. The van der Waals surface area contributed by atoms with Crippen LogP contribution in [0.2, 0.25) is 0 Å². The highest BCUT2D eigenvalue weighted by Crippen LogP contribution is 2.22. The molecule has 0 aliphatic heterocycles. The van der Waals surface area contributed by atoms with Gasteiger partial charge in [-0.1, -0.05) is 6.07 Å². The molecule has 0 amide bonds. The molecule has 0 aliphatic carbocycles. The predicted molar refractivity (Wildman–Crippen MR) is 63.9 cm³/mol. The summed E-state index contributed by atoms with van der Waals surface area (Å²) in [5.41, 5.74) is 7.29. The van der Waals surface area contributed by atoms with Crippen LogP contribution < -0.4 is 11.4 Å². The van der Waals surface area contributed by atoms with E-state index >= 15 is 0 Å². The normalized spacial score (nSPS) is 11.1. The van der Waals surface area contributed by atoms with Gasteiger partial charge in [0.1, 0.15) is 0 Å². The van der Waals surface area contributed by atoms with Gasteiger partial charge in [0.05, 0.1) is 11.0 Å². The third-order valence-electron chi connectivity index (χ3n) is 2.46. The molecule has 1 aromatic carbocycles. The van der Waals surface area contributed by atoms with Crippen LogP contribution in [0, 0.1) is 0 Å². The summed E-state index contributed by atoms with van der Waals surface area (Å²) in [7, 11) is 1.77. The van der Waals surface area contributed by atoms with Crippen molar-refractivity contribution in [3.05, 3.63) is 33.2 Å². The largest absolute Gasteiger partial charge is 0.329 e. The maximum absolute atomic E-state index is 11.9. The van der Waals surface area contributed by atoms with Gasteiger partial charge in [0, 0.05) is 24.6 Å². The Hall–Kier alpha value is -1.07. The number of nitrogens with zero attached hydrogens (tertiary/aromatic N) is 2. The molecule has 80 valence electrons. The molecule has 2 rings (SSSR count). The second kappa shape index (κ2) is 3.83. The van der Waals surface area contributed by atoms with Crippen LogP contribution in [0.15, 0.2) is 27.5 Å². The summed E-state index contributed by atoms with van der Waals surface area (Å²) in [6.45, 7) is 1.01. The molecule has 0 radical (unpaired) electrons. The number of nitrogens with two attached hydrogens (primary N) is 1. The summed E-state index contributed by atoms with van der Waals surface area (Å²) < 4.78 is 4.25. The topological polar surface area (TPSA) is 53.0 Å². The van der Waals surface area contributed by atoms with Crippen LogP contribution in [0.4, 0.5) is 0 Å². The molecule has 0 spiro atoms. The Bertz CT molecular complexity index is 556. The average molecular weight is 270 g/mol. The van der Waals surface area contributed by atoms with Gasteiger partial charge in [-0.05, 0) is 28.1 Å². The van der Waals surface area contributed by atoms with E-state index in [4.69, 9.17) is 5.73 Å². The van der Waals surface area contributed by atoms with Gasteiger partial charge >= 0.3 is 5.69 Å². The van der Waals surface area contributed by atoms with Gasteiger partial charge in [-0.3, -0.25) is 9.13 Å². The Morgan fingerprint density at radius 1 is 1.47 bits per heavy atom. The monoisotopic (exact) mass is 269 g/mol. The summed E-state index contributed by atoms with van der Waals surface area (Å²) in [6, 6.07) is 5.77. The molecule has 2 N–H and O–H groups in total. The summed E-state index contributed by atoms with van der Waals surface area (Å²) in [4.78, 5) is 11.9. The summed E-state index contributed by atoms with van der Waals surface area (Å²) in [5, 5.41) is 0. The number of para-hydroxylation sites is 1. The maximum atomic E-state index is 11.9. The molecule has 5 heteroatoms. The lowest BCUT2D eigenvalue weighted by molar-refractivity contribution is 0.675. The molecule has 0 atom stereocenters. The number of rotatable bonds is 2. The smallest absolute Gasteiger partial charge is 0.328 e.